The van der Waals surface area contributed by atoms with Crippen LogP contribution in [0, 0.1) is 21.7 Å². The third kappa shape index (κ3) is 4.82. The van der Waals surface area contributed by atoms with Crippen molar-refractivity contribution in [2.75, 3.05) is 7.11 Å². The van der Waals surface area contributed by atoms with Crippen molar-refractivity contribution >= 4 is 28.7 Å². The van der Waals surface area contributed by atoms with Gasteiger partial charge in [0.1, 0.15) is 5.54 Å². The van der Waals surface area contributed by atoms with E-state index in [1.54, 1.807) is 22.9 Å². The second-order valence-corrected chi connectivity index (χ2v) is 9.91. The highest BCUT2D eigenvalue weighted by Gasteiger charge is 2.41. The molecule has 0 unspecified atom stereocenters. The number of hydrogen-bond donors (Lipinski definition) is 0. The van der Waals surface area contributed by atoms with Crippen LogP contribution in [0.25, 0.3) is 23.1 Å². The van der Waals surface area contributed by atoms with E-state index in [1.807, 2.05) is 91.0 Å². The van der Waals surface area contributed by atoms with Gasteiger partial charge in [-0.25, -0.2) is 9.07 Å². The number of methoxy groups -OCH3 is 1. The third-order valence-corrected chi connectivity index (χ3v) is 7.47. The minimum atomic E-state index is -1.09. The van der Waals surface area contributed by atoms with Crippen molar-refractivity contribution in [3.63, 3.8) is 0 Å². The van der Waals surface area contributed by atoms with Crippen LogP contribution in [0.1, 0.15) is 27.9 Å². The van der Waals surface area contributed by atoms with Crippen molar-refractivity contribution in [2.45, 2.75) is 5.54 Å². The average Bonchev–Trinajstić information content (AvgIpc) is 3.39. The Hall–Kier alpha value is -5.63. The molecule has 1 aromatic heterocycles. The third-order valence-electron chi connectivity index (χ3n) is 7.47. The lowest BCUT2D eigenvalue weighted by Gasteiger charge is -2.37. The fourth-order valence-electron chi connectivity index (χ4n) is 5.53. The molecule has 0 N–H and O–H groups in total. The number of benzene rings is 5. The highest BCUT2D eigenvalue weighted by Crippen LogP contribution is 2.43. The predicted octanol–water partition coefficient (Wildman–Crippen LogP) is 8.24. The molecule has 0 atom stereocenters. The molecule has 0 aliphatic heterocycles. The highest BCUT2D eigenvalue weighted by molar-refractivity contribution is 5.92. The highest BCUT2D eigenvalue weighted by atomic mass is 19.1. The Kier molecular flexibility index (Phi) is 7.26. The molecule has 212 valence electrons. The lowest BCUT2D eigenvalue weighted by atomic mass is 9.77. The first-order valence-electron chi connectivity index (χ1n) is 13.5. The maximum absolute atomic E-state index is 15.4. The molecule has 0 spiro atoms. The monoisotopic (exact) mass is 573 g/mol. The minimum Gasteiger partial charge on any atom is -0.494 e. The summed E-state index contributed by atoms with van der Waals surface area (Å²) in [4.78, 5) is 11.1. The van der Waals surface area contributed by atoms with Gasteiger partial charge in [0.05, 0.1) is 23.2 Å². The van der Waals surface area contributed by atoms with Crippen molar-refractivity contribution in [1.82, 2.24) is 9.78 Å². The summed E-state index contributed by atoms with van der Waals surface area (Å²) in [7, 11) is 1.38. The van der Waals surface area contributed by atoms with Gasteiger partial charge in [0.25, 0.3) is 0 Å². The molecule has 0 fully saturated rings. The Balaban J connectivity index is 1.71. The van der Waals surface area contributed by atoms with Gasteiger partial charge >= 0.3 is 5.69 Å². The SMILES string of the molecule is COc1cc(/C=C/c2nn(C(c3ccccc3)(c3ccccc3)c3ccccc3)c3cc(F)c([N+](=O)[O-])cc23)ccc1F. The van der Waals surface area contributed by atoms with E-state index in [0.29, 0.717) is 22.2 Å². The van der Waals surface area contributed by atoms with Crippen molar-refractivity contribution < 1.29 is 18.4 Å². The van der Waals surface area contributed by atoms with E-state index in [9.17, 15) is 14.5 Å². The number of fused-ring (bicyclic) bond motifs is 1. The average molecular weight is 574 g/mol. The van der Waals surface area contributed by atoms with Gasteiger partial charge in [-0.1, -0.05) is 103 Å². The second kappa shape index (κ2) is 11.3. The maximum Gasteiger partial charge on any atom is 0.305 e. The van der Waals surface area contributed by atoms with Gasteiger partial charge in [-0.3, -0.25) is 10.1 Å². The fraction of sp³-hybridized carbons (Fsp3) is 0.0571. The molecule has 0 radical (unpaired) electrons. The Morgan fingerprint density at radius 1 is 0.767 bits per heavy atom. The molecular weight excluding hydrogens is 548 g/mol. The van der Waals surface area contributed by atoms with Crippen LogP contribution in [0.3, 0.4) is 0 Å². The van der Waals surface area contributed by atoms with Crippen molar-refractivity contribution in [3.05, 3.63) is 171 Å². The first-order chi connectivity index (χ1) is 20.9. The molecule has 0 aliphatic rings. The normalized spacial score (nSPS) is 11.7. The van der Waals surface area contributed by atoms with Crippen molar-refractivity contribution in [1.29, 1.82) is 0 Å². The van der Waals surface area contributed by atoms with Gasteiger partial charge in [-0.05, 0) is 40.5 Å². The summed E-state index contributed by atoms with van der Waals surface area (Å²) >= 11 is 0. The maximum atomic E-state index is 15.4. The summed E-state index contributed by atoms with van der Waals surface area (Å²) in [6, 6.07) is 36.0. The molecule has 6 aromatic rings. The molecule has 0 aliphatic carbocycles. The second-order valence-electron chi connectivity index (χ2n) is 9.91. The Labute approximate surface area is 246 Å². The van der Waals surface area contributed by atoms with Crippen LogP contribution in [0.5, 0.6) is 5.75 Å². The summed E-state index contributed by atoms with van der Waals surface area (Å²) in [6.07, 6.45) is 3.39. The molecule has 0 saturated heterocycles. The molecule has 5 aromatic carbocycles. The molecule has 43 heavy (non-hydrogen) atoms. The van der Waals surface area contributed by atoms with Gasteiger partial charge in [0.2, 0.25) is 5.82 Å². The van der Waals surface area contributed by atoms with Gasteiger partial charge in [0, 0.05) is 17.5 Å². The Morgan fingerprint density at radius 2 is 1.33 bits per heavy atom. The van der Waals surface area contributed by atoms with Crippen LogP contribution >= 0.6 is 0 Å². The number of nitrogens with zero attached hydrogens (tertiary/aromatic N) is 3. The lowest BCUT2D eigenvalue weighted by Crippen LogP contribution is -2.38. The topological polar surface area (TPSA) is 70.2 Å². The summed E-state index contributed by atoms with van der Waals surface area (Å²) in [6.45, 7) is 0. The summed E-state index contributed by atoms with van der Waals surface area (Å²) < 4.78 is 36.3. The van der Waals surface area contributed by atoms with Gasteiger partial charge < -0.3 is 4.74 Å². The van der Waals surface area contributed by atoms with Crippen molar-refractivity contribution in [2.24, 2.45) is 0 Å². The molecule has 6 rings (SSSR count). The molecule has 0 bridgehead atoms. The van der Waals surface area contributed by atoms with Crippen LogP contribution in [-0.2, 0) is 5.54 Å². The smallest absolute Gasteiger partial charge is 0.305 e. The zero-order chi connectivity index (χ0) is 30.0. The summed E-state index contributed by atoms with van der Waals surface area (Å²) in [5, 5.41) is 17.2. The molecule has 6 nitrogen and oxygen atoms in total. The lowest BCUT2D eigenvalue weighted by molar-refractivity contribution is -0.387. The molecule has 0 saturated carbocycles. The quantitative estimate of drug-likeness (QED) is 0.104. The van der Waals surface area contributed by atoms with Gasteiger partial charge in [-0.15, -0.1) is 0 Å². The van der Waals surface area contributed by atoms with E-state index < -0.39 is 27.8 Å². The van der Waals surface area contributed by atoms with E-state index in [1.165, 1.54) is 31.4 Å². The summed E-state index contributed by atoms with van der Waals surface area (Å²) in [5.74, 6) is -1.40. The number of aromatic nitrogens is 2. The largest absolute Gasteiger partial charge is 0.494 e. The van der Waals surface area contributed by atoms with Crippen LogP contribution in [0.4, 0.5) is 14.5 Å². The van der Waals surface area contributed by atoms with E-state index in [-0.39, 0.29) is 5.75 Å². The molecule has 1 heterocycles. The number of nitro groups is 1. The standard InChI is InChI=1S/C35H25F2N3O3/c1-43-34-21-24(17-19-29(34)36)18-20-31-28-22-33(40(41)42)30(37)23-32(28)39(38-31)35(25-11-5-2-6-12-25,26-13-7-3-8-14-26)27-15-9-4-10-16-27/h2-23H,1H3/b20-18+. The van der Waals surface area contributed by atoms with E-state index in [4.69, 9.17) is 9.84 Å². The fourth-order valence-corrected chi connectivity index (χ4v) is 5.53. The number of halogens is 2. The van der Waals surface area contributed by atoms with Crippen molar-refractivity contribution in [3.8, 4) is 5.75 Å². The number of rotatable bonds is 8. The predicted molar refractivity (Wildman–Crippen MR) is 163 cm³/mol. The Bertz CT molecular complexity index is 1860. The van der Waals surface area contributed by atoms with Gasteiger partial charge in [0.15, 0.2) is 11.6 Å². The van der Waals surface area contributed by atoms with Crippen LogP contribution < -0.4 is 4.74 Å². The Morgan fingerprint density at radius 3 is 1.84 bits per heavy atom. The minimum absolute atomic E-state index is 0.0755. The van der Waals surface area contributed by atoms with Crippen LogP contribution in [0.15, 0.2) is 121 Å². The number of hydrogen-bond acceptors (Lipinski definition) is 4. The molecule has 0 amide bonds. The zero-order valence-corrected chi connectivity index (χ0v) is 23.0. The van der Waals surface area contributed by atoms with Crippen LogP contribution in [-0.4, -0.2) is 21.8 Å². The van der Waals surface area contributed by atoms with E-state index in [0.717, 1.165) is 16.7 Å². The number of ether oxygens (including phenoxy) is 1. The molecular formula is C35H25F2N3O3. The zero-order valence-electron chi connectivity index (χ0n) is 23.0. The van der Waals surface area contributed by atoms with Gasteiger partial charge in [-0.2, -0.15) is 9.49 Å². The van der Waals surface area contributed by atoms with E-state index >= 15 is 4.39 Å². The first-order valence-corrected chi connectivity index (χ1v) is 13.5. The van der Waals surface area contributed by atoms with Crippen LogP contribution in [0.2, 0.25) is 0 Å². The van der Waals surface area contributed by atoms with E-state index in [2.05, 4.69) is 0 Å². The number of nitro benzene ring substituents is 1. The molecule has 8 heteroatoms. The summed E-state index contributed by atoms with van der Waals surface area (Å²) in [5.41, 5.74) is 2.17. The first kappa shape index (κ1) is 27.5.